The van der Waals surface area contributed by atoms with Gasteiger partial charge in [0.05, 0.1) is 24.5 Å². The molecule has 4 heteroatoms. The fraction of sp³-hybridized carbons (Fsp3) is 0.526. The number of nitrogens with zero attached hydrogens (tertiary/aromatic N) is 2. The molecule has 4 nitrogen and oxygen atoms in total. The molecule has 0 radical (unpaired) electrons. The van der Waals surface area contributed by atoms with Crippen molar-refractivity contribution in [2.45, 2.75) is 44.6 Å². The SMILES string of the molecule is COc1ccc(-c2c3c(nn2C2CCCC2)CCNCC3)cc1. The van der Waals surface area contributed by atoms with Crippen molar-refractivity contribution in [1.82, 2.24) is 15.1 Å². The smallest absolute Gasteiger partial charge is 0.118 e. The van der Waals surface area contributed by atoms with E-state index in [0.29, 0.717) is 6.04 Å². The highest BCUT2D eigenvalue weighted by molar-refractivity contribution is 5.66. The monoisotopic (exact) mass is 311 g/mol. The Morgan fingerprint density at radius 2 is 1.83 bits per heavy atom. The minimum atomic E-state index is 0.576. The van der Waals surface area contributed by atoms with Crippen molar-refractivity contribution < 1.29 is 4.74 Å². The number of rotatable bonds is 3. The van der Waals surface area contributed by atoms with Crippen LogP contribution in [0.3, 0.4) is 0 Å². The summed E-state index contributed by atoms with van der Waals surface area (Å²) in [6, 6.07) is 9.05. The summed E-state index contributed by atoms with van der Waals surface area (Å²) < 4.78 is 7.67. The van der Waals surface area contributed by atoms with Crippen LogP contribution in [0.1, 0.15) is 43.0 Å². The Hall–Kier alpha value is -1.81. The zero-order chi connectivity index (χ0) is 15.6. The van der Waals surface area contributed by atoms with Gasteiger partial charge in [-0.25, -0.2) is 0 Å². The summed E-state index contributed by atoms with van der Waals surface area (Å²) >= 11 is 0. The van der Waals surface area contributed by atoms with Crippen LogP contribution in [0, 0.1) is 0 Å². The summed E-state index contributed by atoms with van der Waals surface area (Å²) in [7, 11) is 1.72. The molecule has 0 amide bonds. The van der Waals surface area contributed by atoms with E-state index in [1.54, 1.807) is 7.11 Å². The summed E-state index contributed by atoms with van der Waals surface area (Å²) in [6.45, 7) is 2.09. The van der Waals surface area contributed by atoms with Gasteiger partial charge in [0.15, 0.2) is 0 Å². The van der Waals surface area contributed by atoms with E-state index in [2.05, 4.69) is 34.3 Å². The molecule has 1 aliphatic heterocycles. The Balaban J connectivity index is 1.82. The highest BCUT2D eigenvalue weighted by atomic mass is 16.5. The summed E-state index contributed by atoms with van der Waals surface area (Å²) in [6.07, 6.45) is 7.31. The van der Waals surface area contributed by atoms with Gasteiger partial charge in [0.2, 0.25) is 0 Å². The lowest BCUT2D eigenvalue weighted by atomic mass is 10.0. The first-order valence-electron chi connectivity index (χ1n) is 8.82. The highest BCUT2D eigenvalue weighted by Gasteiger charge is 2.26. The number of ether oxygens (including phenoxy) is 1. The van der Waals surface area contributed by atoms with E-state index in [1.807, 2.05) is 0 Å². The molecular weight excluding hydrogens is 286 g/mol. The predicted molar refractivity (Wildman–Crippen MR) is 92.0 cm³/mol. The molecule has 1 fully saturated rings. The van der Waals surface area contributed by atoms with Crippen molar-refractivity contribution in [3.05, 3.63) is 35.5 Å². The number of methoxy groups -OCH3 is 1. The van der Waals surface area contributed by atoms with E-state index in [4.69, 9.17) is 9.84 Å². The van der Waals surface area contributed by atoms with E-state index in [9.17, 15) is 0 Å². The lowest BCUT2D eigenvalue weighted by Gasteiger charge is -2.16. The molecule has 1 N–H and O–H groups in total. The van der Waals surface area contributed by atoms with Crippen molar-refractivity contribution in [1.29, 1.82) is 0 Å². The molecule has 0 bridgehead atoms. The zero-order valence-electron chi connectivity index (χ0n) is 13.8. The van der Waals surface area contributed by atoms with Crippen LogP contribution in [-0.2, 0) is 12.8 Å². The molecule has 1 aromatic heterocycles. The molecule has 2 heterocycles. The second-order valence-electron chi connectivity index (χ2n) is 6.64. The van der Waals surface area contributed by atoms with Crippen LogP contribution < -0.4 is 10.1 Å². The van der Waals surface area contributed by atoms with E-state index in [1.165, 1.54) is 48.2 Å². The van der Waals surface area contributed by atoms with Gasteiger partial charge in [0.25, 0.3) is 0 Å². The van der Waals surface area contributed by atoms with Gasteiger partial charge >= 0.3 is 0 Å². The number of fused-ring (bicyclic) bond motifs is 1. The standard InChI is InChI=1S/C19H25N3O/c1-23-16-8-6-14(7-9-16)19-17-10-12-20-13-11-18(17)21-22(19)15-4-2-3-5-15/h6-9,15,20H,2-5,10-13H2,1H3. The van der Waals surface area contributed by atoms with Gasteiger partial charge in [0.1, 0.15) is 5.75 Å². The van der Waals surface area contributed by atoms with Gasteiger partial charge in [-0.2, -0.15) is 5.10 Å². The molecule has 122 valence electrons. The molecule has 23 heavy (non-hydrogen) atoms. The number of nitrogens with one attached hydrogen (secondary N) is 1. The molecule has 0 unspecified atom stereocenters. The van der Waals surface area contributed by atoms with Gasteiger partial charge < -0.3 is 10.1 Å². The van der Waals surface area contributed by atoms with E-state index in [-0.39, 0.29) is 0 Å². The number of aromatic nitrogens is 2. The lowest BCUT2D eigenvalue weighted by molar-refractivity contribution is 0.415. The van der Waals surface area contributed by atoms with Crippen LogP contribution in [0.15, 0.2) is 24.3 Å². The third-order valence-corrected chi connectivity index (χ3v) is 5.22. The molecule has 1 aliphatic carbocycles. The Bertz CT molecular complexity index is 669. The molecule has 2 aliphatic rings. The lowest BCUT2D eigenvalue weighted by Crippen LogP contribution is -2.17. The Labute approximate surface area is 137 Å². The van der Waals surface area contributed by atoms with Gasteiger partial charge in [0, 0.05) is 24.1 Å². The van der Waals surface area contributed by atoms with Crippen LogP contribution in [0.4, 0.5) is 0 Å². The normalized spacial score (nSPS) is 18.7. The van der Waals surface area contributed by atoms with Crippen molar-refractivity contribution in [2.75, 3.05) is 20.2 Å². The first-order valence-corrected chi connectivity index (χ1v) is 8.82. The number of hydrogen-bond acceptors (Lipinski definition) is 3. The molecule has 0 saturated heterocycles. The predicted octanol–water partition coefficient (Wildman–Crippen LogP) is 3.36. The largest absolute Gasteiger partial charge is 0.497 e. The maximum Gasteiger partial charge on any atom is 0.118 e. The van der Waals surface area contributed by atoms with Gasteiger partial charge in [-0.1, -0.05) is 12.8 Å². The maximum absolute atomic E-state index is 5.32. The zero-order valence-corrected chi connectivity index (χ0v) is 13.8. The summed E-state index contributed by atoms with van der Waals surface area (Å²) in [5, 5.41) is 8.55. The third kappa shape index (κ3) is 2.76. The molecule has 4 rings (SSSR count). The average molecular weight is 311 g/mol. The minimum absolute atomic E-state index is 0.576. The molecule has 0 atom stereocenters. The average Bonchev–Trinajstić information content (AvgIpc) is 3.18. The molecule has 1 aromatic carbocycles. The highest BCUT2D eigenvalue weighted by Crippen LogP contribution is 2.37. The number of benzene rings is 1. The van der Waals surface area contributed by atoms with Crippen molar-refractivity contribution in [3.63, 3.8) is 0 Å². The minimum Gasteiger partial charge on any atom is -0.497 e. The van der Waals surface area contributed by atoms with Gasteiger partial charge in [-0.05, 0) is 50.1 Å². The van der Waals surface area contributed by atoms with Crippen LogP contribution >= 0.6 is 0 Å². The third-order valence-electron chi connectivity index (χ3n) is 5.22. The molecular formula is C19H25N3O. The molecule has 1 saturated carbocycles. The summed E-state index contributed by atoms with van der Waals surface area (Å²) in [5.74, 6) is 0.911. The van der Waals surface area contributed by atoms with Gasteiger partial charge in [-0.15, -0.1) is 0 Å². The second-order valence-corrected chi connectivity index (χ2v) is 6.64. The molecule has 2 aromatic rings. The fourth-order valence-electron chi connectivity index (χ4n) is 3.99. The van der Waals surface area contributed by atoms with Crippen LogP contribution in [0.25, 0.3) is 11.3 Å². The first kappa shape index (κ1) is 14.8. The van der Waals surface area contributed by atoms with Gasteiger partial charge in [-0.3, -0.25) is 4.68 Å². The molecule has 0 spiro atoms. The van der Waals surface area contributed by atoms with Crippen LogP contribution in [0.5, 0.6) is 5.75 Å². The van der Waals surface area contributed by atoms with E-state index in [0.717, 1.165) is 31.7 Å². The quantitative estimate of drug-likeness (QED) is 0.944. The summed E-state index contributed by atoms with van der Waals surface area (Å²) in [4.78, 5) is 0. The maximum atomic E-state index is 5.32. The van der Waals surface area contributed by atoms with E-state index >= 15 is 0 Å². The Morgan fingerprint density at radius 3 is 2.57 bits per heavy atom. The van der Waals surface area contributed by atoms with Crippen molar-refractivity contribution in [3.8, 4) is 17.0 Å². The Kier molecular flexibility index (Phi) is 4.08. The summed E-state index contributed by atoms with van der Waals surface area (Å²) in [5.41, 5.74) is 5.37. The van der Waals surface area contributed by atoms with Crippen molar-refractivity contribution in [2.24, 2.45) is 0 Å². The van der Waals surface area contributed by atoms with Crippen LogP contribution in [-0.4, -0.2) is 30.0 Å². The van der Waals surface area contributed by atoms with Crippen molar-refractivity contribution >= 4 is 0 Å². The fourth-order valence-corrected chi connectivity index (χ4v) is 3.99. The van der Waals surface area contributed by atoms with Crippen LogP contribution in [0.2, 0.25) is 0 Å². The van der Waals surface area contributed by atoms with E-state index < -0.39 is 0 Å². The second kappa shape index (κ2) is 6.36. The number of hydrogen-bond donors (Lipinski definition) is 1. The first-order chi connectivity index (χ1) is 11.4. The Morgan fingerprint density at radius 1 is 1.09 bits per heavy atom. The topological polar surface area (TPSA) is 39.1 Å².